The van der Waals surface area contributed by atoms with Crippen LogP contribution in [0.4, 0.5) is 4.79 Å². The van der Waals surface area contributed by atoms with Gasteiger partial charge in [-0.3, -0.25) is 29.1 Å². The molecular formula is C87H111ClN7O6Pd-. The smallest absolute Gasteiger partial charge is 0.408 e. The molecule has 7 N–H and O–H groups in total. The Hall–Kier alpha value is -8.68. The molecule has 10 aromatic rings. The molecule has 10 rings (SSSR count). The number of aryl methyl sites for hydroxylation is 4. The van der Waals surface area contributed by atoms with Crippen LogP contribution in [0.15, 0.2) is 255 Å². The fraction of sp³-hybridized carbons (Fsp3) is 0.310. The van der Waals surface area contributed by atoms with Crippen molar-refractivity contribution in [1.82, 2.24) is 25.9 Å². The molecule has 13 nitrogen and oxygen atoms in total. The van der Waals surface area contributed by atoms with E-state index in [0.717, 1.165) is 80.7 Å². The van der Waals surface area contributed by atoms with Crippen LogP contribution in [0.25, 0.3) is 21.5 Å². The fourth-order valence-electron chi connectivity index (χ4n) is 10.4. The van der Waals surface area contributed by atoms with Crippen LogP contribution in [-0.4, -0.2) is 69.9 Å². The molecule has 0 aliphatic rings. The maximum atomic E-state index is 12.3. The monoisotopic (exact) mass is 1490 g/mol. The predicted octanol–water partition coefficient (Wildman–Crippen LogP) is 17.8. The van der Waals surface area contributed by atoms with E-state index in [4.69, 9.17) is 16.2 Å². The first-order chi connectivity index (χ1) is 47.2. The van der Waals surface area contributed by atoms with Gasteiger partial charge in [0.1, 0.15) is 24.0 Å². The Morgan fingerprint density at radius 1 is 0.392 bits per heavy atom. The third-order valence-corrected chi connectivity index (χ3v) is 16.3. The van der Waals surface area contributed by atoms with Crippen molar-refractivity contribution in [1.29, 1.82) is 0 Å². The quantitative estimate of drug-likeness (QED) is 0.0203. The third-order valence-electron chi connectivity index (χ3n) is 16.3. The summed E-state index contributed by atoms with van der Waals surface area (Å²) in [6.07, 6.45) is 17.2. The fourth-order valence-corrected chi connectivity index (χ4v) is 10.4. The average Bonchev–Trinajstić information content (AvgIpc) is 0.853. The predicted molar refractivity (Wildman–Crippen MR) is 423 cm³/mol. The van der Waals surface area contributed by atoms with Crippen LogP contribution in [0.3, 0.4) is 0 Å². The minimum Gasteiger partial charge on any atom is -0.445 e. The molecule has 0 fully saturated rings. The number of ether oxygens (including phenoxy) is 1. The van der Waals surface area contributed by atoms with Gasteiger partial charge in [-0.25, -0.2) is 4.79 Å². The van der Waals surface area contributed by atoms with Gasteiger partial charge in [0.25, 0.3) is 0 Å². The number of nitrogens with two attached hydrogens (primary N) is 2. The van der Waals surface area contributed by atoms with Gasteiger partial charge < -0.3 is 39.6 Å². The molecule has 8 aromatic carbocycles. The maximum absolute atomic E-state index is 12.3. The topological polar surface area (TPSA) is 208 Å². The summed E-state index contributed by atoms with van der Waals surface area (Å²) in [5.41, 5.74) is 20.5. The number of pyridine rings is 2. The zero-order valence-corrected chi connectivity index (χ0v) is 61.2. The molecule has 0 aliphatic carbocycles. The van der Waals surface area contributed by atoms with E-state index >= 15 is 0 Å². The molecule has 548 valence electrons. The van der Waals surface area contributed by atoms with Crippen LogP contribution in [0.5, 0.6) is 0 Å². The van der Waals surface area contributed by atoms with Crippen molar-refractivity contribution in [3.05, 3.63) is 307 Å². The number of nitrogens with zero attached hydrogens (tertiary/aromatic N) is 2. The second-order valence-corrected chi connectivity index (χ2v) is 24.3. The molecular weight excluding hydrogens is 1380 g/mol. The Morgan fingerprint density at radius 2 is 0.696 bits per heavy atom. The minimum atomic E-state index is -0.567. The summed E-state index contributed by atoms with van der Waals surface area (Å²) in [4.78, 5) is 67.9. The molecule has 0 aliphatic heterocycles. The number of benzene rings is 8. The van der Waals surface area contributed by atoms with Crippen molar-refractivity contribution in [2.45, 2.75) is 170 Å². The van der Waals surface area contributed by atoms with Crippen molar-refractivity contribution in [3.8, 4) is 0 Å². The second kappa shape index (κ2) is 54.1. The summed E-state index contributed by atoms with van der Waals surface area (Å²) in [5, 5.41) is 13.9. The number of hydrogen-bond donors (Lipinski definition) is 5. The van der Waals surface area contributed by atoms with Gasteiger partial charge in [-0.2, -0.15) is 0 Å². The minimum absolute atomic E-state index is 0. The summed E-state index contributed by atoms with van der Waals surface area (Å²) in [6, 6.07) is 76.1. The van der Waals surface area contributed by atoms with E-state index in [-0.39, 0.29) is 103 Å². The van der Waals surface area contributed by atoms with Crippen LogP contribution in [-0.2, 0) is 96.1 Å². The van der Waals surface area contributed by atoms with E-state index in [1.54, 1.807) is 26.2 Å². The van der Waals surface area contributed by atoms with E-state index < -0.39 is 12.1 Å². The number of alkyl carbamates (subject to hydrolysis) is 1. The number of carbonyl (C=O) groups excluding carboxylic acids is 5. The van der Waals surface area contributed by atoms with Gasteiger partial charge in [0.2, 0.25) is 0 Å². The van der Waals surface area contributed by atoms with E-state index in [0.29, 0.717) is 38.8 Å². The first-order valence-electron chi connectivity index (χ1n) is 34.1. The van der Waals surface area contributed by atoms with Crippen LogP contribution in [0, 0.1) is 7.43 Å². The molecule has 0 saturated heterocycles. The number of amides is 1. The number of rotatable bonds is 31. The SMILES string of the molecule is C.C.C[C@@H](N)C(=O)CCCc1ccccc1.C[C@@H](NC(=O)OCc1ccccc1)C(=O)CCCc1ccccc1.C[C@@H](NCc1ccc2cnccc2c1)C(=O)CCCc1ccccc1.C[C@@H](NCc1ccc2cnccc2c1)C(=O)CCCc1ccccc1.Cl.NCCc1ccccc1.[CH3-].[Pd]. The molecule has 15 heteroatoms. The Labute approximate surface area is 629 Å². The van der Waals surface area contributed by atoms with E-state index in [2.05, 4.69) is 111 Å². The average molecular weight is 1490 g/mol. The largest absolute Gasteiger partial charge is 0.445 e. The molecule has 2 aromatic heterocycles. The molecule has 0 radical (unpaired) electrons. The molecule has 4 atom stereocenters. The summed E-state index contributed by atoms with van der Waals surface area (Å²) in [7, 11) is 0. The van der Waals surface area contributed by atoms with Gasteiger partial charge in [0, 0.05) is 94.8 Å². The van der Waals surface area contributed by atoms with Gasteiger partial charge in [0.15, 0.2) is 5.78 Å². The molecule has 0 spiro atoms. The normalized spacial score (nSPS) is 11.2. The summed E-state index contributed by atoms with van der Waals surface area (Å²) in [5.74, 6) is 0.727. The number of fused-ring (bicyclic) bond motifs is 2. The van der Waals surface area contributed by atoms with Gasteiger partial charge >= 0.3 is 6.09 Å². The number of aromatic nitrogens is 2. The first kappa shape index (κ1) is 91.3. The third kappa shape index (κ3) is 37.3. The van der Waals surface area contributed by atoms with Crippen molar-refractivity contribution < 1.29 is 49.1 Å². The molecule has 0 bridgehead atoms. The number of hydrogen-bond acceptors (Lipinski definition) is 12. The number of halogens is 1. The Kier molecular flexibility index (Phi) is 48.4. The number of Topliss-reactive ketones (excluding diaryl/α,β-unsaturated/α-hetero) is 4. The molecule has 102 heavy (non-hydrogen) atoms. The molecule has 0 unspecified atom stereocenters. The standard InChI is InChI=1S/2C22H24N2O.C20H23NO3.C12H17NO.C8H11N.2CH4.CH3.ClH.Pd/c2*1-17(22(25)9-5-8-18-6-3-2-4-7-18)24-15-19-10-11-21-16-23-13-12-20(21)14-19;1-16(19(22)14-8-13-17-9-4-2-5-10-17)21-20(23)24-15-18-11-6-3-7-12-18;1-10(13)12(14)9-5-8-11-6-3-2-4-7-11;9-7-6-8-4-2-1-3-5-8;;;;;/h2*2-4,6-7,10-14,16-17,24H,5,8-9,15H2,1H3;2-7,9-12,16H,8,13-15H2,1H3,(H,21,23);2-4,6-7,10H,5,8-9,13H2,1H3;1-5H,6-7,9H2;2*1H4;1H3;1H;/q;;;;;;;-1;;/t2*17-;16-;10-;;;;;;/m1111....../s1. The van der Waals surface area contributed by atoms with Crippen LogP contribution in [0.1, 0.15) is 138 Å². The van der Waals surface area contributed by atoms with Gasteiger partial charge in [-0.15, -0.1) is 12.4 Å². The van der Waals surface area contributed by atoms with Crippen LogP contribution < -0.4 is 27.4 Å². The summed E-state index contributed by atoms with van der Waals surface area (Å²) < 4.78 is 5.12. The van der Waals surface area contributed by atoms with Crippen molar-refractivity contribution in [2.75, 3.05) is 6.54 Å². The molecule has 0 saturated carbocycles. The van der Waals surface area contributed by atoms with Crippen LogP contribution in [0.2, 0.25) is 0 Å². The van der Waals surface area contributed by atoms with E-state index in [1.807, 2.05) is 172 Å². The van der Waals surface area contributed by atoms with Gasteiger partial charge in [-0.05, 0) is 172 Å². The second-order valence-electron chi connectivity index (χ2n) is 24.3. The first-order valence-corrected chi connectivity index (χ1v) is 34.1. The van der Waals surface area contributed by atoms with Crippen molar-refractivity contribution in [2.24, 2.45) is 11.5 Å². The zero-order valence-electron chi connectivity index (χ0n) is 58.8. The Morgan fingerprint density at radius 3 is 1.02 bits per heavy atom. The summed E-state index contributed by atoms with van der Waals surface area (Å²) in [6.45, 7) is 9.67. The van der Waals surface area contributed by atoms with Crippen LogP contribution >= 0.6 is 12.4 Å². The van der Waals surface area contributed by atoms with E-state index in [9.17, 15) is 24.0 Å². The van der Waals surface area contributed by atoms with Crippen molar-refractivity contribution in [3.63, 3.8) is 0 Å². The molecule has 1 amide bonds. The Balaban J connectivity index is 0.000000652. The zero-order chi connectivity index (χ0) is 69.1. The number of ketones is 4. The van der Waals surface area contributed by atoms with Gasteiger partial charge in [0.05, 0.1) is 24.2 Å². The van der Waals surface area contributed by atoms with E-state index in [1.165, 1.54) is 49.7 Å². The van der Waals surface area contributed by atoms with Gasteiger partial charge in [-0.1, -0.05) is 221 Å². The number of nitrogens with one attached hydrogen (secondary N) is 3. The maximum Gasteiger partial charge on any atom is 0.408 e. The number of carbonyl (C=O) groups is 5. The molecule has 2 heterocycles. The van der Waals surface area contributed by atoms with Crippen molar-refractivity contribution >= 4 is 63.2 Å². The summed E-state index contributed by atoms with van der Waals surface area (Å²) >= 11 is 0. The Bertz CT molecular complexity index is 3720.